The molecule has 2 N–H and O–H groups in total. The van der Waals surface area contributed by atoms with Crippen molar-refractivity contribution in [1.29, 1.82) is 0 Å². The van der Waals surface area contributed by atoms with Crippen molar-refractivity contribution < 1.29 is 17.9 Å². The molecule has 0 fully saturated rings. The number of anilines is 3. The third-order valence-corrected chi connectivity index (χ3v) is 4.62. The number of halogens is 1. The largest absolute Gasteiger partial charge is 0.495 e. The van der Waals surface area contributed by atoms with Gasteiger partial charge in [-0.2, -0.15) is 0 Å². The number of nitrogens with one attached hydrogen (secondary N) is 2. The van der Waals surface area contributed by atoms with E-state index in [0.717, 1.165) is 0 Å². The lowest BCUT2D eigenvalue weighted by Gasteiger charge is -2.13. The van der Waals surface area contributed by atoms with Crippen LogP contribution in [-0.4, -0.2) is 38.6 Å². The number of methoxy groups -OCH3 is 2. The Morgan fingerprint density at radius 1 is 1.08 bits per heavy atom. The first-order valence-electron chi connectivity index (χ1n) is 6.91. The van der Waals surface area contributed by atoms with Gasteiger partial charge < -0.3 is 14.8 Å². The molecule has 0 aliphatic rings. The van der Waals surface area contributed by atoms with Gasteiger partial charge in [0.1, 0.15) is 11.5 Å². The average molecular weight is 373 g/mol. The van der Waals surface area contributed by atoms with Crippen molar-refractivity contribution in [2.24, 2.45) is 0 Å². The molecular weight excluding hydrogens is 356 g/mol. The van der Waals surface area contributed by atoms with Crippen molar-refractivity contribution in [2.45, 2.75) is 6.92 Å². The molecule has 2 rings (SSSR count). The highest BCUT2D eigenvalue weighted by Crippen LogP contribution is 2.37. The first-order chi connectivity index (χ1) is 11.4. The van der Waals surface area contributed by atoms with Gasteiger partial charge in [0.2, 0.25) is 10.0 Å². The van der Waals surface area contributed by atoms with Crippen LogP contribution in [0.15, 0.2) is 24.3 Å². The lowest BCUT2D eigenvalue weighted by Crippen LogP contribution is -2.15. The Labute approximate surface area is 145 Å². The van der Waals surface area contributed by atoms with Gasteiger partial charge in [-0.15, -0.1) is 10.2 Å². The van der Waals surface area contributed by atoms with Crippen molar-refractivity contribution >= 4 is 38.9 Å². The zero-order valence-electron chi connectivity index (χ0n) is 13.3. The molecule has 24 heavy (non-hydrogen) atoms. The molecule has 8 nitrogen and oxygen atoms in total. The van der Waals surface area contributed by atoms with Gasteiger partial charge in [0.15, 0.2) is 11.6 Å². The summed E-state index contributed by atoms with van der Waals surface area (Å²) in [5, 5.41) is 11.2. The standard InChI is InChI=1S/C14H17ClN4O4S/c1-4-24(20,21)19-14-6-5-13(17-18-14)16-10-8-11(22-2)9(15)7-12(10)23-3/h5-8H,4H2,1-3H3,(H,16,17)(H,18,19). The van der Waals surface area contributed by atoms with E-state index in [1.54, 1.807) is 18.2 Å². The van der Waals surface area contributed by atoms with Crippen LogP contribution in [0.5, 0.6) is 11.5 Å². The monoisotopic (exact) mass is 372 g/mol. The number of sulfonamides is 1. The summed E-state index contributed by atoms with van der Waals surface area (Å²) in [6, 6.07) is 6.36. The van der Waals surface area contributed by atoms with E-state index in [1.165, 1.54) is 27.2 Å². The summed E-state index contributed by atoms with van der Waals surface area (Å²) in [7, 11) is -0.375. The molecule has 0 atom stereocenters. The molecule has 1 aromatic carbocycles. The number of hydrogen-bond donors (Lipinski definition) is 2. The Morgan fingerprint density at radius 3 is 2.25 bits per heavy atom. The smallest absolute Gasteiger partial charge is 0.233 e. The minimum atomic E-state index is -3.39. The van der Waals surface area contributed by atoms with E-state index >= 15 is 0 Å². The molecule has 0 spiro atoms. The van der Waals surface area contributed by atoms with Crippen molar-refractivity contribution in [3.63, 3.8) is 0 Å². The minimum absolute atomic E-state index is 0.0452. The predicted molar refractivity (Wildman–Crippen MR) is 93.0 cm³/mol. The van der Waals surface area contributed by atoms with Gasteiger partial charge in [-0.25, -0.2) is 8.42 Å². The maximum Gasteiger partial charge on any atom is 0.233 e. The fourth-order valence-corrected chi connectivity index (χ4v) is 2.58. The highest BCUT2D eigenvalue weighted by atomic mass is 35.5. The topological polar surface area (TPSA) is 102 Å². The van der Waals surface area contributed by atoms with Crippen LogP contribution in [0.4, 0.5) is 17.3 Å². The van der Waals surface area contributed by atoms with E-state index in [9.17, 15) is 8.42 Å². The van der Waals surface area contributed by atoms with E-state index in [0.29, 0.717) is 28.0 Å². The van der Waals surface area contributed by atoms with Crippen molar-refractivity contribution in [1.82, 2.24) is 10.2 Å². The van der Waals surface area contributed by atoms with Crippen LogP contribution in [0.25, 0.3) is 0 Å². The normalized spacial score (nSPS) is 11.0. The molecular formula is C14H17ClN4O4S. The lowest BCUT2D eigenvalue weighted by atomic mass is 10.2. The van der Waals surface area contributed by atoms with E-state index in [1.807, 2.05) is 0 Å². The van der Waals surface area contributed by atoms with Crippen LogP contribution in [-0.2, 0) is 10.0 Å². The van der Waals surface area contributed by atoms with Crippen molar-refractivity contribution in [2.75, 3.05) is 30.0 Å². The number of ether oxygens (including phenoxy) is 2. The van der Waals surface area contributed by atoms with Gasteiger partial charge in [-0.1, -0.05) is 11.6 Å². The van der Waals surface area contributed by atoms with Gasteiger partial charge in [-0.3, -0.25) is 4.72 Å². The summed E-state index contributed by atoms with van der Waals surface area (Å²) in [6.07, 6.45) is 0. The maximum atomic E-state index is 11.5. The van der Waals surface area contributed by atoms with Crippen LogP contribution < -0.4 is 19.5 Å². The molecule has 0 saturated carbocycles. The van der Waals surface area contributed by atoms with Crippen LogP contribution in [0, 0.1) is 0 Å². The molecule has 0 amide bonds. The minimum Gasteiger partial charge on any atom is -0.495 e. The Bertz CT molecular complexity index is 812. The van der Waals surface area contributed by atoms with Crippen LogP contribution >= 0.6 is 11.6 Å². The second kappa shape index (κ2) is 7.54. The Morgan fingerprint density at radius 2 is 1.71 bits per heavy atom. The third-order valence-electron chi connectivity index (χ3n) is 3.04. The molecule has 0 aliphatic carbocycles. The quantitative estimate of drug-likeness (QED) is 0.770. The maximum absolute atomic E-state index is 11.5. The van der Waals surface area contributed by atoms with E-state index in [-0.39, 0.29) is 11.6 Å². The predicted octanol–water partition coefficient (Wildman–Crippen LogP) is 2.65. The molecule has 0 saturated heterocycles. The number of aromatic nitrogens is 2. The molecule has 2 aromatic rings. The zero-order valence-corrected chi connectivity index (χ0v) is 14.9. The van der Waals surface area contributed by atoms with Crippen molar-refractivity contribution in [3.05, 3.63) is 29.3 Å². The molecule has 1 heterocycles. The summed E-state index contributed by atoms with van der Waals surface area (Å²) < 4.78 is 35.7. The molecule has 1 aromatic heterocycles. The fraction of sp³-hybridized carbons (Fsp3) is 0.286. The highest BCUT2D eigenvalue weighted by Gasteiger charge is 2.12. The number of benzene rings is 1. The first kappa shape index (κ1) is 18.1. The molecule has 0 radical (unpaired) electrons. The number of rotatable bonds is 7. The van der Waals surface area contributed by atoms with Gasteiger partial charge >= 0.3 is 0 Å². The molecule has 0 unspecified atom stereocenters. The number of nitrogens with zero attached hydrogens (tertiary/aromatic N) is 2. The first-order valence-corrected chi connectivity index (χ1v) is 8.94. The summed E-state index contributed by atoms with van der Waals surface area (Å²) in [6.45, 7) is 1.53. The summed E-state index contributed by atoms with van der Waals surface area (Å²) >= 11 is 6.05. The summed E-state index contributed by atoms with van der Waals surface area (Å²) in [5.74, 6) is 1.47. The van der Waals surface area contributed by atoms with Crippen molar-refractivity contribution in [3.8, 4) is 11.5 Å². The fourth-order valence-electron chi connectivity index (χ4n) is 1.78. The van der Waals surface area contributed by atoms with E-state index in [4.69, 9.17) is 21.1 Å². The van der Waals surface area contributed by atoms with Gasteiger partial charge in [0.05, 0.1) is 30.7 Å². The average Bonchev–Trinajstić information content (AvgIpc) is 2.57. The number of hydrogen-bond acceptors (Lipinski definition) is 7. The second-order valence-electron chi connectivity index (χ2n) is 4.62. The van der Waals surface area contributed by atoms with E-state index in [2.05, 4.69) is 20.2 Å². The summed E-state index contributed by atoms with van der Waals surface area (Å²) in [4.78, 5) is 0. The molecule has 0 bridgehead atoms. The second-order valence-corrected chi connectivity index (χ2v) is 7.04. The van der Waals surface area contributed by atoms with Gasteiger partial charge in [0.25, 0.3) is 0 Å². The zero-order chi connectivity index (χ0) is 17.7. The molecule has 10 heteroatoms. The van der Waals surface area contributed by atoms with Crippen LogP contribution in [0.2, 0.25) is 5.02 Å². The molecule has 130 valence electrons. The Kier molecular flexibility index (Phi) is 5.68. The van der Waals surface area contributed by atoms with Gasteiger partial charge in [0, 0.05) is 12.1 Å². The SMILES string of the molecule is CCS(=O)(=O)Nc1ccc(Nc2cc(OC)c(Cl)cc2OC)nn1. The molecule has 0 aliphatic heterocycles. The van der Waals surface area contributed by atoms with Gasteiger partial charge in [-0.05, 0) is 19.1 Å². The van der Waals surface area contributed by atoms with Crippen LogP contribution in [0.1, 0.15) is 6.92 Å². The lowest BCUT2D eigenvalue weighted by molar-refractivity contribution is 0.405. The van der Waals surface area contributed by atoms with Crippen LogP contribution in [0.3, 0.4) is 0 Å². The third kappa shape index (κ3) is 4.39. The highest BCUT2D eigenvalue weighted by molar-refractivity contribution is 7.92. The Hall–Kier alpha value is -2.26. The van der Waals surface area contributed by atoms with E-state index < -0.39 is 10.0 Å². The summed E-state index contributed by atoms with van der Waals surface area (Å²) in [5.41, 5.74) is 0.579. The Balaban J connectivity index is 2.22.